The zero-order valence-electron chi connectivity index (χ0n) is 13.3. The Bertz CT molecular complexity index is 526. The van der Waals surface area contributed by atoms with Crippen LogP contribution in [0.1, 0.15) is 43.0 Å². The summed E-state index contributed by atoms with van der Waals surface area (Å²) in [5.74, 6) is 0.371. The van der Waals surface area contributed by atoms with Crippen LogP contribution < -0.4 is 0 Å². The summed E-state index contributed by atoms with van der Waals surface area (Å²) in [5.41, 5.74) is 0.458. The molecule has 0 spiro atoms. The maximum Gasteiger partial charge on any atom is 0.254 e. The van der Waals surface area contributed by atoms with Gasteiger partial charge in [0.05, 0.1) is 0 Å². The predicted molar refractivity (Wildman–Crippen MR) is 85.3 cm³/mol. The standard InChI is InChI=1S/C18H25FN2O/c1-14-5-2-3-8-17(14)20-9-11-21(12-10-20)18(22)15-6-4-7-16(19)13-15/h4,6-7,13-14,17H,2-3,5,8-12H2,1H3/t14-,17-/m0/s1. The molecular formula is C18H25FN2O. The quantitative estimate of drug-likeness (QED) is 0.838. The fourth-order valence-corrected chi connectivity index (χ4v) is 3.90. The summed E-state index contributed by atoms with van der Waals surface area (Å²) in [6.45, 7) is 5.73. The first-order valence-corrected chi connectivity index (χ1v) is 8.44. The van der Waals surface area contributed by atoms with Crippen LogP contribution in [0.3, 0.4) is 0 Å². The van der Waals surface area contributed by atoms with Gasteiger partial charge in [-0.05, 0) is 37.0 Å². The zero-order chi connectivity index (χ0) is 15.5. The van der Waals surface area contributed by atoms with E-state index < -0.39 is 0 Å². The number of hydrogen-bond donors (Lipinski definition) is 0. The number of carbonyl (C=O) groups excluding carboxylic acids is 1. The number of nitrogens with zero attached hydrogens (tertiary/aromatic N) is 2. The predicted octanol–water partition coefficient (Wildman–Crippen LogP) is 3.16. The van der Waals surface area contributed by atoms with Gasteiger partial charge in [0.2, 0.25) is 0 Å². The van der Waals surface area contributed by atoms with Gasteiger partial charge < -0.3 is 4.90 Å². The molecule has 1 aromatic rings. The van der Waals surface area contributed by atoms with E-state index in [0.29, 0.717) is 11.6 Å². The van der Waals surface area contributed by atoms with Crippen LogP contribution >= 0.6 is 0 Å². The Morgan fingerprint density at radius 1 is 1.14 bits per heavy atom. The van der Waals surface area contributed by atoms with E-state index in [-0.39, 0.29) is 11.7 Å². The number of rotatable bonds is 2. The Morgan fingerprint density at radius 2 is 1.86 bits per heavy atom. The molecule has 2 atom stereocenters. The van der Waals surface area contributed by atoms with E-state index in [9.17, 15) is 9.18 Å². The SMILES string of the molecule is C[C@H]1CCCC[C@@H]1N1CCN(C(=O)c2cccc(F)c2)CC1. The van der Waals surface area contributed by atoms with Gasteiger partial charge in [-0.3, -0.25) is 9.69 Å². The van der Waals surface area contributed by atoms with Crippen molar-refractivity contribution in [2.45, 2.75) is 38.6 Å². The fourth-order valence-electron chi connectivity index (χ4n) is 3.90. The number of benzene rings is 1. The van der Waals surface area contributed by atoms with Gasteiger partial charge in [0.15, 0.2) is 0 Å². The average molecular weight is 304 g/mol. The minimum Gasteiger partial charge on any atom is -0.336 e. The highest BCUT2D eigenvalue weighted by Crippen LogP contribution is 2.28. The summed E-state index contributed by atoms with van der Waals surface area (Å²) in [5, 5.41) is 0. The Hall–Kier alpha value is -1.42. The lowest BCUT2D eigenvalue weighted by atomic mass is 9.84. The van der Waals surface area contributed by atoms with Gasteiger partial charge in [-0.2, -0.15) is 0 Å². The smallest absolute Gasteiger partial charge is 0.254 e. The highest BCUT2D eigenvalue weighted by atomic mass is 19.1. The largest absolute Gasteiger partial charge is 0.336 e. The second kappa shape index (κ2) is 6.78. The molecule has 1 saturated heterocycles. The molecular weight excluding hydrogens is 279 g/mol. The third kappa shape index (κ3) is 3.32. The number of hydrogen-bond acceptors (Lipinski definition) is 2. The minimum atomic E-state index is -0.347. The highest BCUT2D eigenvalue weighted by Gasteiger charge is 2.30. The minimum absolute atomic E-state index is 0.0455. The Kier molecular flexibility index (Phi) is 4.77. The first-order chi connectivity index (χ1) is 10.6. The van der Waals surface area contributed by atoms with Crippen molar-refractivity contribution in [2.24, 2.45) is 5.92 Å². The van der Waals surface area contributed by atoms with E-state index in [0.717, 1.165) is 32.1 Å². The molecule has 0 bridgehead atoms. The summed E-state index contributed by atoms with van der Waals surface area (Å²) >= 11 is 0. The van der Waals surface area contributed by atoms with Crippen molar-refractivity contribution in [1.29, 1.82) is 0 Å². The molecule has 120 valence electrons. The maximum absolute atomic E-state index is 13.3. The molecule has 0 unspecified atom stereocenters. The van der Waals surface area contributed by atoms with Crippen molar-refractivity contribution in [2.75, 3.05) is 26.2 Å². The molecule has 1 amide bonds. The third-order valence-electron chi connectivity index (χ3n) is 5.21. The van der Waals surface area contributed by atoms with E-state index in [1.54, 1.807) is 12.1 Å². The summed E-state index contributed by atoms with van der Waals surface area (Å²) < 4.78 is 13.3. The fraction of sp³-hybridized carbons (Fsp3) is 0.611. The van der Waals surface area contributed by atoms with Crippen molar-refractivity contribution in [3.05, 3.63) is 35.6 Å². The van der Waals surface area contributed by atoms with Crippen LogP contribution in [0.5, 0.6) is 0 Å². The molecule has 1 saturated carbocycles. The molecule has 2 aliphatic rings. The van der Waals surface area contributed by atoms with Crippen molar-refractivity contribution in [3.63, 3.8) is 0 Å². The molecule has 3 rings (SSSR count). The van der Waals surface area contributed by atoms with E-state index in [1.165, 1.54) is 37.8 Å². The zero-order valence-corrected chi connectivity index (χ0v) is 13.3. The van der Waals surface area contributed by atoms with Gasteiger partial charge in [-0.25, -0.2) is 4.39 Å². The van der Waals surface area contributed by atoms with Gasteiger partial charge in [-0.1, -0.05) is 25.8 Å². The maximum atomic E-state index is 13.3. The topological polar surface area (TPSA) is 23.6 Å². The monoisotopic (exact) mass is 304 g/mol. The van der Waals surface area contributed by atoms with Crippen LogP contribution in [0.2, 0.25) is 0 Å². The summed E-state index contributed by atoms with van der Waals surface area (Å²) in [7, 11) is 0. The lowest BCUT2D eigenvalue weighted by Gasteiger charge is -2.43. The summed E-state index contributed by atoms with van der Waals surface area (Å²) in [6.07, 6.45) is 5.30. The number of carbonyl (C=O) groups is 1. The van der Waals surface area contributed by atoms with Crippen molar-refractivity contribution in [1.82, 2.24) is 9.80 Å². The van der Waals surface area contributed by atoms with E-state index in [2.05, 4.69) is 11.8 Å². The van der Waals surface area contributed by atoms with Crippen molar-refractivity contribution >= 4 is 5.91 Å². The molecule has 1 aromatic carbocycles. The van der Waals surface area contributed by atoms with Gasteiger partial charge in [0, 0.05) is 37.8 Å². The molecule has 0 aromatic heterocycles. The first kappa shape index (κ1) is 15.5. The molecule has 1 aliphatic carbocycles. The highest BCUT2D eigenvalue weighted by molar-refractivity contribution is 5.94. The second-order valence-electron chi connectivity index (χ2n) is 6.67. The lowest BCUT2D eigenvalue weighted by Crippen LogP contribution is -2.53. The molecule has 22 heavy (non-hydrogen) atoms. The van der Waals surface area contributed by atoms with Crippen LogP contribution in [0, 0.1) is 11.7 Å². The first-order valence-electron chi connectivity index (χ1n) is 8.44. The lowest BCUT2D eigenvalue weighted by molar-refractivity contribution is 0.0423. The summed E-state index contributed by atoms with van der Waals surface area (Å²) in [4.78, 5) is 16.9. The number of halogens is 1. The van der Waals surface area contributed by atoms with Crippen LogP contribution in [0.15, 0.2) is 24.3 Å². The van der Waals surface area contributed by atoms with Gasteiger partial charge >= 0.3 is 0 Å². The Labute approximate surface area is 132 Å². The van der Waals surface area contributed by atoms with Crippen LogP contribution in [-0.4, -0.2) is 47.9 Å². The van der Waals surface area contributed by atoms with Crippen LogP contribution in [0.25, 0.3) is 0 Å². The van der Waals surface area contributed by atoms with E-state index in [4.69, 9.17) is 0 Å². The normalized spacial score (nSPS) is 26.9. The number of amides is 1. The van der Waals surface area contributed by atoms with E-state index in [1.807, 2.05) is 4.90 Å². The van der Waals surface area contributed by atoms with Gasteiger partial charge in [0.1, 0.15) is 5.82 Å². The number of piperazine rings is 1. The second-order valence-corrected chi connectivity index (χ2v) is 6.67. The molecule has 1 aliphatic heterocycles. The molecule has 0 radical (unpaired) electrons. The van der Waals surface area contributed by atoms with Crippen molar-refractivity contribution < 1.29 is 9.18 Å². The average Bonchev–Trinajstić information content (AvgIpc) is 2.55. The van der Waals surface area contributed by atoms with Gasteiger partial charge in [0.25, 0.3) is 5.91 Å². The third-order valence-corrected chi connectivity index (χ3v) is 5.21. The van der Waals surface area contributed by atoms with E-state index >= 15 is 0 Å². The van der Waals surface area contributed by atoms with Crippen LogP contribution in [0.4, 0.5) is 4.39 Å². The Balaban J connectivity index is 1.58. The molecule has 2 fully saturated rings. The Morgan fingerprint density at radius 3 is 2.55 bits per heavy atom. The van der Waals surface area contributed by atoms with Crippen molar-refractivity contribution in [3.8, 4) is 0 Å². The molecule has 4 heteroatoms. The summed E-state index contributed by atoms with van der Waals surface area (Å²) in [6, 6.07) is 6.68. The molecule has 1 heterocycles. The molecule has 0 N–H and O–H groups in total. The van der Waals surface area contributed by atoms with Gasteiger partial charge in [-0.15, -0.1) is 0 Å². The molecule has 3 nitrogen and oxygen atoms in total. The van der Waals surface area contributed by atoms with Crippen LogP contribution in [-0.2, 0) is 0 Å².